The Morgan fingerprint density at radius 2 is 1.80 bits per heavy atom. The number of rotatable bonds is 0. The van der Waals surface area contributed by atoms with Crippen molar-refractivity contribution in [2.45, 2.75) is 45.7 Å². The van der Waals surface area contributed by atoms with E-state index in [1.54, 1.807) is 0 Å². The van der Waals surface area contributed by atoms with Gasteiger partial charge in [-0.05, 0) is 24.7 Å². The van der Waals surface area contributed by atoms with E-state index < -0.39 is 6.17 Å². The fourth-order valence-corrected chi connectivity index (χ4v) is 1.70. The van der Waals surface area contributed by atoms with Gasteiger partial charge in [0.25, 0.3) is 0 Å². The van der Waals surface area contributed by atoms with E-state index in [9.17, 15) is 4.39 Å². The standard InChI is InChI=1S/C9H17F/c1-7-4-3-5-9(10)6-8(7)2/h7-9H,3-6H2,1-2H3. The van der Waals surface area contributed by atoms with Crippen LogP contribution in [0.1, 0.15) is 39.5 Å². The molecule has 0 amide bonds. The molecule has 0 aromatic rings. The first-order chi connectivity index (χ1) is 4.70. The van der Waals surface area contributed by atoms with Crippen molar-refractivity contribution in [2.24, 2.45) is 11.8 Å². The maximum Gasteiger partial charge on any atom is 0.100 e. The summed E-state index contributed by atoms with van der Waals surface area (Å²) < 4.78 is 12.9. The zero-order chi connectivity index (χ0) is 7.56. The Kier molecular flexibility index (Phi) is 2.70. The van der Waals surface area contributed by atoms with Crippen LogP contribution in [0.5, 0.6) is 0 Å². The summed E-state index contributed by atoms with van der Waals surface area (Å²) in [5.41, 5.74) is 0. The molecule has 0 bridgehead atoms. The van der Waals surface area contributed by atoms with E-state index in [-0.39, 0.29) is 0 Å². The second kappa shape index (κ2) is 3.36. The third-order valence-corrected chi connectivity index (χ3v) is 2.78. The normalized spacial score (nSPS) is 42.9. The van der Waals surface area contributed by atoms with E-state index in [0.717, 1.165) is 25.2 Å². The van der Waals surface area contributed by atoms with E-state index in [4.69, 9.17) is 0 Å². The SMILES string of the molecule is CC1CCCC(F)CC1C. The van der Waals surface area contributed by atoms with Crippen molar-refractivity contribution in [3.05, 3.63) is 0 Å². The summed E-state index contributed by atoms with van der Waals surface area (Å²) in [6.07, 6.45) is 3.39. The van der Waals surface area contributed by atoms with Crippen molar-refractivity contribution >= 4 is 0 Å². The lowest BCUT2D eigenvalue weighted by Gasteiger charge is -2.15. The minimum atomic E-state index is -0.514. The first-order valence-corrected chi connectivity index (χ1v) is 4.34. The van der Waals surface area contributed by atoms with Crippen molar-refractivity contribution in [1.29, 1.82) is 0 Å². The third-order valence-electron chi connectivity index (χ3n) is 2.78. The molecule has 0 radical (unpaired) electrons. The highest BCUT2D eigenvalue weighted by Crippen LogP contribution is 2.29. The van der Waals surface area contributed by atoms with E-state index >= 15 is 0 Å². The van der Waals surface area contributed by atoms with Gasteiger partial charge in [0, 0.05) is 0 Å². The van der Waals surface area contributed by atoms with Crippen LogP contribution in [0.4, 0.5) is 4.39 Å². The summed E-state index contributed by atoms with van der Waals surface area (Å²) in [5, 5.41) is 0. The first kappa shape index (κ1) is 8.03. The second-order valence-corrected chi connectivity index (χ2v) is 3.72. The van der Waals surface area contributed by atoms with Gasteiger partial charge in [-0.3, -0.25) is 0 Å². The number of alkyl halides is 1. The number of hydrogen-bond donors (Lipinski definition) is 0. The Bertz CT molecular complexity index is 101. The molecular formula is C9H17F. The molecule has 3 unspecified atom stereocenters. The maximum atomic E-state index is 12.9. The predicted octanol–water partition coefficient (Wildman–Crippen LogP) is 3.17. The van der Waals surface area contributed by atoms with Gasteiger partial charge in [-0.2, -0.15) is 0 Å². The minimum absolute atomic E-state index is 0.514. The van der Waals surface area contributed by atoms with Gasteiger partial charge < -0.3 is 0 Å². The van der Waals surface area contributed by atoms with E-state index in [0.29, 0.717) is 5.92 Å². The van der Waals surface area contributed by atoms with Crippen LogP contribution < -0.4 is 0 Å². The minimum Gasteiger partial charge on any atom is -0.247 e. The Morgan fingerprint density at radius 1 is 1.10 bits per heavy atom. The van der Waals surface area contributed by atoms with Crippen molar-refractivity contribution < 1.29 is 4.39 Å². The molecule has 3 atom stereocenters. The van der Waals surface area contributed by atoms with E-state index in [2.05, 4.69) is 13.8 Å². The monoisotopic (exact) mass is 144 g/mol. The third kappa shape index (κ3) is 1.96. The summed E-state index contributed by atoms with van der Waals surface area (Å²) >= 11 is 0. The van der Waals surface area contributed by atoms with Crippen LogP contribution in [0.15, 0.2) is 0 Å². The molecule has 1 heteroatoms. The van der Waals surface area contributed by atoms with Gasteiger partial charge in [0.2, 0.25) is 0 Å². The lowest BCUT2D eigenvalue weighted by Crippen LogP contribution is -2.08. The van der Waals surface area contributed by atoms with Crippen LogP contribution in [0, 0.1) is 11.8 Å². The van der Waals surface area contributed by atoms with Gasteiger partial charge >= 0.3 is 0 Å². The van der Waals surface area contributed by atoms with Gasteiger partial charge in [-0.25, -0.2) is 4.39 Å². The first-order valence-electron chi connectivity index (χ1n) is 4.34. The smallest absolute Gasteiger partial charge is 0.100 e. The summed E-state index contributed by atoms with van der Waals surface area (Å²) in [7, 11) is 0. The largest absolute Gasteiger partial charge is 0.247 e. The Hall–Kier alpha value is -0.0700. The summed E-state index contributed by atoms with van der Waals surface area (Å²) in [4.78, 5) is 0. The van der Waals surface area contributed by atoms with Crippen LogP contribution in [0.25, 0.3) is 0 Å². The lowest BCUT2D eigenvalue weighted by molar-refractivity contribution is 0.257. The lowest BCUT2D eigenvalue weighted by atomic mass is 9.91. The van der Waals surface area contributed by atoms with Crippen molar-refractivity contribution in [1.82, 2.24) is 0 Å². The average molecular weight is 144 g/mol. The fraction of sp³-hybridized carbons (Fsp3) is 1.00. The summed E-state index contributed by atoms with van der Waals surface area (Å²) in [5.74, 6) is 1.33. The average Bonchev–Trinajstić information content (AvgIpc) is 1.96. The molecule has 0 aromatic carbocycles. The molecule has 0 saturated heterocycles. The van der Waals surface area contributed by atoms with Crippen LogP contribution in [-0.2, 0) is 0 Å². The van der Waals surface area contributed by atoms with Gasteiger partial charge in [-0.1, -0.05) is 26.7 Å². The predicted molar refractivity (Wildman–Crippen MR) is 41.7 cm³/mol. The molecule has 1 fully saturated rings. The number of hydrogen-bond acceptors (Lipinski definition) is 0. The van der Waals surface area contributed by atoms with Crippen LogP contribution in [0.3, 0.4) is 0 Å². The van der Waals surface area contributed by atoms with Gasteiger partial charge in [0.15, 0.2) is 0 Å². The highest BCUT2D eigenvalue weighted by atomic mass is 19.1. The molecule has 10 heavy (non-hydrogen) atoms. The fourth-order valence-electron chi connectivity index (χ4n) is 1.70. The van der Waals surface area contributed by atoms with Gasteiger partial charge in [0.1, 0.15) is 6.17 Å². The van der Waals surface area contributed by atoms with Crippen LogP contribution >= 0.6 is 0 Å². The quantitative estimate of drug-likeness (QED) is 0.458. The zero-order valence-corrected chi connectivity index (χ0v) is 6.94. The molecule has 1 aliphatic rings. The molecule has 0 heterocycles. The molecular weight excluding hydrogens is 127 g/mol. The topological polar surface area (TPSA) is 0 Å². The van der Waals surface area contributed by atoms with Crippen LogP contribution in [-0.4, -0.2) is 6.17 Å². The van der Waals surface area contributed by atoms with Crippen molar-refractivity contribution in [3.8, 4) is 0 Å². The molecule has 0 N–H and O–H groups in total. The summed E-state index contributed by atoms with van der Waals surface area (Å²) in [6.45, 7) is 4.41. The highest BCUT2D eigenvalue weighted by Gasteiger charge is 2.21. The Balaban J connectivity index is 2.41. The molecule has 0 spiro atoms. The molecule has 0 aromatic heterocycles. The van der Waals surface area contributed by atoms with Crippen molar-refractivity contribution in [3.63, 3.8) is 0 Å². The molecule has 1 rings (SSSR count). The summed E-state index contributed by atoms with van der Waals surface area (Å²) in [6, 6.07) is 0. The highest BCUT2D eigenvalue weighted by molar-refractivity contribution is 4.72. The molecule has 60 valence electrons. The molecule has 1 aliphatic carbocycles. The van der Waals surface area contributed by atoms with Crippen LogP contribution in [0.2, 0.25) is 0 Å². The van der Waals surface area contributed by atoms with Gasteiger partial charge in [-0.15, -0.1) is 0 Å². The van der Waals surface area contributed by atoms with E-state index in [1.807, 2.05) is 0 Å². The molecule has 1 saturated carbocycles. The van der Waals surface area contributed by atoms with Gasteiger partial charge in [0.05, 0.1) is 0 Å². The molecule has 0 aliphatic heterocycles. The zero-order valence-electron chi connectivity index (χ0n) is 6.94. The number of halogens is 1. The maximum absolute atomic E-state index is 12.9. The van der Waals surface area contributed by atoms with Crippen molar-refractivity contribution in [2.75, 3.05) is 0 Å². The second-order valence-electron chi connectivity index (χ2n) is 3.72. The Labute approximate surface area is 62.8 Å². The Morgan fingerprint density at radius 3 is 2.50 bits per heavy atom. The molecule has 0 nitrogen and oxygen atoms in total. The van der Waals surface area contributed by atoms with E-state index in [1.165, 1.54) is 6.42 Å².